The average molecular weight is 257 g/mol. The third-order valence-electron chi connectivity index (χ3n) is 2.49. The summed E-state index contributed by atoms with van der Waals surface area (Å²) in [6, 6.07) is 0. The second-order valence-corrected chi connectivity index (χ2v) is 5.18. The van der Waals surface area contributed by atoms with Gasteiger partial charge >= 0.3 is 0 Å². The summed E-state index contributed by atoms with van der Waals surface area (Å²) in [4.78, 5) is 16.3. The number of hydrogen-bond acceptors (Lipinski definition) is 5. The van der Waals surface area contributed by atoms with Crippen LogP contribution in [0.15, 0.2) is 0 Å². The highest BCUT2D eigenvalue weighted by molar-refractivity contribution is 7.17. The van der Waals surface area contributed by atoms with Gasteiger partial charge in [0.2, 0.25) is 0 Å². The number of aryl methyl sites for hydroxylation is 1. The fourth-order valence-corrected chi connectivity index (χ4v) is 2.20. The van der Waals surface area contributed by atoms with E-state index >= 15 is 0 Å². The zero-order valence-electron chi connectivity index (χ0n) is 10.2. The molecule has 17 heavy (non-hydrogen) atoms. The van der Waals surface area contributed by atoms with Crippen molar-refractivity contribution in [3.05, 3.63) is 10.6 Å². The number of carbonyl (C=O) groups excluding carboxylic acids is 1. The molecule has 1 amide bonds. The van der Waals surface area contributed by atoms with Gasteiger partial charge < -0.3 is 16.2 Å². The number of rotatable bonds is 6. The maximum atomic E-state index is 11.7. The van der Waals surface area contributed by atoms with Crippen molar-refractivity contribution in [2.75, 3.05) is 18.9 Å². The molecule has 0 saturated heterocycles. The molecule has 1 heterocycles. The molecule has 0 aliphatic carbocycles. The van der Waals surface area contributed by atoms with Gasteiger partial charge in [-0.05, 0) is 25.7 Å². The number of aromatic nitrogens is 1. The first-order chi connectivity index (χ1) is 8.04. The Morgan fingerprint density at radius 1 is 1.65 bits per heavy atom. The second-order valence-electron chi connectivity index (χ2n) is 4.15. The highest BCUT2D eigenvalue weighted by Crippen LogP contribution is 2.19. The van der Waals surface area contributed by atoms with E-state index in [9.17, 15) is 4.79 Å². The molecule has 0 saturated carbocycles. The lowest BCUT2D eigenvalue weighted by atomic mass is 10.1. The number of nitrogens with one attached hydrogen (secondary N) is 1. The Balaban J connectivity index is 2.33. The number of carbonyl (C=O) groups is 1. The molecule has 1 rings (SSSR count). The van der Waals surface area contributed by atoms with Crippen LogP contribution in [0.4, 0.5) is 5.13 Å². The average Bonchev–Trinajstić information content (AvgIpc) is 2.63. The zero-order chi connectivity index (χ0) is 12.8. The van der Waals surface area contributed by atoms with Crippen LogP contribution in [0.2, 0.25) is 0 Å². The van der Waals surface area contributed by atoms with Crippen LogP contribution in [0.3, 0.4) is 0 Å². The summed E-state index contributed by atoms with van der Waals surface area (Å²) in [5.74, 6) is 0.168. The van der Waals surface area contributed by atoms with Crippen molar-refractivity contribution >= 4 is 22.4 Å². The van der Waals surface area contributed by atoms with Crippen molar-refractivity contribution < 1.29 is 9.90 Å². The van der Waals surface area contributed by atoms with Crippen LogP contribution in [0, 0.1) is 12.8 Å². The first kappa shape index (κ1) is 13.9. The van der Waals surface area contributed by atoms with Crippen molar-refractivity contribution in [1.82, 2.24) is 10.3 Å². The van der Waals surface area contributed by atoms with Crippen molar-refractivity contribution in [1.29, 1.82) is 0 Å². The number of amides is 1. The molecule has 0 spiro atoms. The molecule has 0 aliphatic heterocycles. The SMILES string of the molecule is Cc1nc(N)sc1C(=O)NCCCC(C)CO. The molecule has 0 radical (unpaired) electrons. The van der Waals surface area contributed by atoms with Gasteiger partial charge in [-0.15, -0.1) is 0 Å². The summed E-state index contributed by atoms with van der Waals surface area (Å²) >= 11 is 1.21. The number of thiazole rings is 1. The maximum Gasteiger partial charge on any atom is 0.263 e. The number of nitrogens with zero attached hydrogens (tertiary/aromatic N) is 1. The molecule has 0 bridgehead atoms. The van der Waals surface area contributed by atoms with Crippen LogP contribution < -0.4 is 11.1 Å². The van der Waals surface area contributed by atoms with E-state index in [2.05, 4.69) is 10.3 Å². The summed E-state index contributed by atoms with van der Waals surface area (Å²) in [6.07, 6.45) is 1.77. The van der Waals surface area contributed by atoms with Crippen LogP contribution in [-0.2, 0) is 0 Å². The van der Waals surface area contributed by atoms with Crippen LogP contribution in [0.25, 0.3) is 0 Å². The van der Waals surface area contributed by atoms with Gasteiger partial charge in [0.1, 0.15) is 4.88 Å². The third-order valence-corrected chi connectivity index (χ3v) is 3.48. The molecule has 1 aromatic heterocycles. The van der Waals surface area contributed by atoms with Crippen LogP contribution in [-0.4, -0.2) is 29.1 Å². The van der Waals surface area contributed by atoms with Crippen molar-refractivity contribution in [3.63, 3.8) is 0 Å². The predicted octanol–water partition coefficient (Wildman–Crippen LogP) is 1.17. The molecule has 0 fully saturated rings. The highest BCUT2D eigenvalue weighted by Gasteiger charge is 2.13. The summed E-state index contributed by atoms with van der Waals surface area (Å²) in [7, 11) is 0. The Kier molecular flexibility index (Phi) is 5.37. The summed E-state index contributed by atoms with van der Waals surface area (Å²) < 4.78 is 0. The number of anilines is 1. The molecule has 1 unspecified atom stereocenters. The van der Waals surface area contributed by atoms with E-state index in [1.54, 1.807) is 6.92 Å². The maximum absolute atomic E-state index is 11.7. The smallest absolute Gasteiger partial charge is 0.263 e. The second kappa shape index (κ2) is 6.56. The van der Waals surface area contributed by atoms with E-state index in [1.165, 1.54) is 11.3 Å². The van der Waals surface area contributed by atoms with E-state index < -0.39 is 0 Å². The van der Waals surface area contributed by atoms with Gasteiger partial charge in [-0.25, -0.2) is 4.98 Å². The Morgan fingerprint density at radius 3 is 2.88 bits per heavy atom. The molecule has 6 heteroatoms. The lowest BCUT2D eigenvalue weighted by Gasteiger charge is -2.07. The Labute approximate surface area is 105 Å². The minimum absolute atomic E-state index is 0.117. The van der Waals surface area contributed by atoms with Gasteiger partial charge in [-0.1, -0.05) is 18.3 Å². The summed E-state index contributed by atoms with van der Waals surface area (Å²) in [5, 5.41) is 12.1. The largest absolute Gasteiger partial charge is 0.396 e. The molecule has 0 aliphatic rings. The van der Waals surface area contributed by atoms with Crippen molar-refractivity contribution in [2.24, 2.45) is 5.92 Å². The molecule has 1 atom stereocenters. The number of nitrogen functional groups attached to an aromatic ring is 1. The van der Waals surface area contributed by atoms with Gasteiger partial charge in [-0.2, -0.15) is 0 Å². The van der Waals surface area contributed by atoms with E-state index in [-0.39, 0.29) is 18.4 Å². The standard InChI is InChI=1S/C11H19N3O2S/c1-7(6-15)4-3-5-13-10(16)9-8(2)14-11(12)17-9/h7,15H,3-6H2,1-2H3,(H2,12,14)(H,13,16). The highest BCUT2D eigenvalue weighted by atomic mass is 32.1. The Bertz CT molecular complexity index is 379. The lowest BCUT2D eigenvalue weighted by molar-refractivity contribution is 0.0955. The number of aliphatic hydroxyl groups excluding tert-OH is 1. The molecule has 1 aromatic rings. The zero-order valence-corrected chi connectivity index (χ0v) is 11.0. The number of hydrogen-bond donors (Lipinski definition) is 3. The van der Waals surface area contributed by atoms with Crippen LogP contribution in [0.5, 0.6) is 0 Å². The topological polar surface area (TPSA) is 88.2 Å². The van der Waals surface area contributed by atoms with Gasteiger partial charge in [0.25, 0.3) is 5.91 Å². The minimum atomic E-state index is -0.117. The molecule has 0 aromatic carbocycles. The summed E-state index contributed by atoms with van der Waals surface area (Å²) in [5.41, 5.74) is 6.20. The fourth-order valence-electron chi connectivity index (χ4n) is 1.45. The first-order valence-corrected chi connectivity index (χ1v) is 6.48. The number of aliphatic hydroxyl groups is 1. The molecular formula is C11H19N3O2S. The quantitative estimate of drug-likeness (QED) is 0.667. The lowest BCUT2D eigenvalue weighted by Crippen LogP contribution is -2.24. The normalized spacial score (nSPS) is 12.4. The first-order valence-electron chi connectivity index (χ1n) is 5.66. The predicted molar refractivity (Wildman–Crippen MR) is 69.1 cm³/mol. The fraction of sp³-hybridized carbons (Fsp3) is 0.636. The number of nitrogens with two attached hydrogens (primary N) is 1. The van der Waals surface area contributed by atoms with Gasteiger partial charge in [-0.3, -0.25) is 4.79 Å². The van der Waals surface area contributed by atoms with E-state index in [0.717, 1.165) is 12.8 Å². The molecule has 5 nitrogen and oxygen atoms in total. The molecule has 96 valence electrons. The minimum Gasteiger partial charge on any atom is -0.396 e. The Morgan fingerprint density at radius 2 is 2.35 bits per heavy atom. The molecular weight excluding hydrogens is 238 g/mol. The van der Waals surface area contributed by atoms with Crippen LogP contribution >= 0.6 is 11.3 Å². The van der Waals surface area contributed by atoms with E-state index in [1.807, 2.05) is 6.92 Å². The van der Waals surface area contributed by atoms with Gasteiger partial charge in [0.05, 0.1) is 5.69 Å². The monoisotopic (exact) mass is 257 g/mol. The van der Waals surface area contributed by atoms with Crippen LogP contribution in [0.1, 0.15) is 35.1 Å². The van der Waals surface area contributed by atoms with Crippen molar-refractivity contribution in [2.45, 2.75) is 26.7 Å². The third kappa shape index (κ3) is 4.32. The molecule has 4 N–H and O–H groups in total. The van der Waals surface area contributed by atoms with E-state index in [4.69, 9.17) is 10.8 Å². The van der Waals surface area contributed by atoms with Crippen molar-refractivity contribution in [3.8, 4) is 0 Å². The Hall–Kier alpha value is -1.14. The summed E-state index contributed by atoms with van der Waals surface area (Å²) in [6.45, 7) is 4.56. The van der Waals surface area contributed by atoms with E-state index in [0.29, 0.717) is 22.2 Å². The van der Waals surface area contributed by atoms with Gasteiger partial charge in [0.15, 0.2) is 5.13 Å². The van der Waals surface area contributed by atoms with Gasteiger partial charge in [0, 0.05) is 13.2 Å².